The molecule has 2 aromatic rings. The summed E-state index contributed by atoms with van der Waals surface area (Å²) in [5.74, 6) is 0.556. The minimum absolute atomic E-state index is 0.0318. The van der Waals surface area contributed by atoms with Gasteiger partial charge in [0.25, 0.3) is 0 Å². The zero-order chi connectivity index (χ0) is 15.4. The van der Waals surface area contributed by atoms with Crippen molar-refractivity contribution < 1.29 is 18.6 Å². The third-order valence-electron chi connectivity index (χ3n) is 3.01. The lowest BCUT2D eigenvalue weighted by Gasteiger charge is -2.16. The molecule has 1 atom stereocenters. The van der Waals surface area contributed by atoms with Crippen LogP contribution < -0.4 is 4.74 Å². The van der Waals surface area contributed by atoms with Crippen molar-refractivity contribution in [3.63, 3.8) is 0 Å². The van der Waals surface area contributed by atoms with Crippen LogP contribution in [0.2, 0.25) is 0 Å². The van der Waals surface area contributed by atoms with Crippen LogP contribution in [0.25, 0.3) is 0 Å². The molecule has 0 aliphatic carbocycles. The Bertz CT molecular complexity index is 587. The fraction of sp³-hybridized carbons (Fsp3) is 0.429. The maximum Gasteiger partial charge on any atom is 0.387 e. The molecule has 0 aliphatic heterocycles. The highest BCUT2D eigenvalue weighted by Crippen LogP contribution is 2.28. The molecule has 0 spiro atoms. The topological polar surface area (TPSA) is 60.2 Å². The maximum atomic E-state index is 12.4. The summed E-state index contributed by atoms with van der Waals surface area (Å²) in [6.07, 6.45) is 0.576. The number of ether oxygens (including phenoxy) is 1. The van der Waals surface area contributed by atoms with Crippen LogP contribution in [-0.2, 0) is 6.42 Å². The van der Waals surface area contributed by atoms with Gasteiger partial charge in [-0.1, -0.05) is 18.2 Å². The normalized spacial score (nSPS) is 12.9. The van der Waals surface area contributed by atoms with Crippen molar-refractivity contribution in [3.05, 3.63) is 42.0 Å². The SMILES string of the molecule is CC(C)n1ncnc1CC(O)c1ccccc1OC(F)F. The van der Waals surface area contributed by atoms with Crippen LogP contribution in [0.4, 0.5) is 8.78 Å². The highest BCUT2D eigenvalue weighted by atomic mass is 19.3. The fourth-order valence-electron chi connectivity index (χ4n) is 2.09. The summed E-state index contributed by atoms with van der Waals surface area (Å²) in [5.41, 5.74) is 0.302. The molecule has 0 aliphatic rings. The number of hydrogen-bond donors (Lipinski definition) is 1. The zero-order valence-electron chi connectivity index (χ0n) is 11.8. The van der Waals surface area contributed by atoms with Crippen molar-refractivity contribution in [2.45, 2.75) is 39.0 Å². The molecule has 1 unspecified atom stereocenters. The average molecular weight is 297 g/mol. The van der Waals surface area contributed by atoms with Gasteiger partial charge < -0.3 is 9.84 Å². The number of hydrogen-bond acceptors (Lipinski definition) is 4. The van der Waals surface area contributed by atoms with Gasteiger partial charge in [-0.25, -0.2) is 9.67 Å². The van der Waals surface area contributed by atoms with Crippen LogP contribution in [0.1, 0.15) is 37.4 Å². The number of aromatic nitrogens is 3. The maximum absolute atomic E-state index is 12.4. The standard InChI is InChI=1S/C14H17F2N3O2/c1-9(2)19-13(17-8-18-19)7-11(20)10-5-3-4-6-12(10)21-14(15)16/h3-6,8-9,11,14,20H,7H2,1-2H3. The van der Waals surface area contributed by atoms with Crippen LogP contribution in [0.15, 0.2) is 30.6 Å². The summed E-state index contributed by atoms with van der Waals surface area (Å²) in [6.45, 7) is 0.953. The van der Waals surface area contributed by atoms with Crippen LogP contribution in [0.5, 0.6) is 5.75 Å². The van der Waals surface area contributed by atoms with Gasteiger partial charge in [0.15, 0.2) is 0 Å². The number of aliphatic hydroxyl groups is 1. The number of nitrogens with zero attached hydrogens (tertiary/aromatic N) is 3. The highest BCUT2D eigenvalue weighted by Gasteiger charge is 2.19. The van der Waals surface area contributed by atoms with Crippen molar-refractivity contribution in [2.24, 2.45) is 0 Å². The van der Waals surface area contributed by atoms with E-state index in [1.165, 1.54) is 12.4 Å². The van der Waals surface area contributed by atoms with E-state index in [4.69, 9.17) is 0 Å². The van der Waals surface area contributed by atoms with Gasteiger partial charge in [0.2, 0.25) is 0 Å². The monoisotopic (exact) mass is 297 g/mol. The predicted molar refractivity (Wildman–Crippen MR) is 72.1 cm³/mol. The van der Waals surface area contributed by atoms with E-state index in [2.05, 4.69) is 14.8 Å². The van der Waals surface area contributed by atoms with Gasteiger partial charge in [-0.3, -0.25) is 0 Å². The minimum atomic E-state index is -2.93. The highest BCUT2D eigenvalue weighted by molar-refractivity contribution is 5.35. The number of alkyl halides is 2. The third-order valence-corrected chi connectivity index (χ3v) is 3.01. The molecule has 0 fully saturated rings. The molecule has 1 aromatic heterocycles. The molecule has 5 nitrogen and oxygen atoms in total. The molecule has 7 heteroatoms. The number of aliphatic hydroxyl groups excluding tert-OH is 1. The molecular weight excluding hydrogens is 280 g/mol. The van der Waals surface area contributed by atoms with Gasteiger partial charge in [-0.05, 0) is 19.9 Å². The first kappa shape index (κ1) is 15.4. The van der Waals surface area contributed by atoms with E-state index in [1.807, 2.05) is 13.8 Å². The molecule has 0 saturated carbocycles. The van der Waals surface area contributed by atoms with Crippen molar-refractivity contribution in [2.75, 3.05) is 0 Å². The van der Waals surface area contributed by atoms with Crippen LogP contribution in [-0.4, -0.2) is 26.5 Å². The van der Waals surface area contributed by atoms with Gasteiger partial charge in [0.1, 0.15) is 17.9 Å². The van der Waals surface area contributed by atoms with Crippen LogP contribution in [0.3, 0.4) is 0 Å². The van der Waals surface area contributed by atoms with Crippen LogP contribution in [0, 0.1) is 0 Å². The van der Waals surface area contributed by atoms with Gasteiger partial charge in [0, 0.05) is 18.0 Å². The van der Waals surface area contributed by atoms with E-state index in [0.717, 1.165) is 0 Å². The first-order valence-corrected chi connectivity index (χ1v) is 6.59. The molecule has 21 heavy (non-hydrogen) atoms. The number of benzene rings is 1. The number of para-hydroxylation sites is 1. The van der Waals surface area contributed by atoms with Gasteiger partial charge >= 0.3 is 6.61 Å². The Morgan fingerprint density at radius 1 is 1.29 bits per heavy atom. The number of halogens is 2. The Hall–Kier alpha value is -2.02. The molecule has 1 N–H and O–H groups in total. The lowest BCUT2D eigenvalue weighted by molar-refractivity contribution is -0.0515. The quantitative estimate of drug-likeness (QED) is 0.890. The molecular formula is C14H17F2N3O2. The van der Waals surface area contributed by atoms with Crippen molar-refractivity contribution >= 4 is 0 Å². The van der Waals surface area contributed by atoms with Crippen molar-refractivity contribution in [3.8, 4) is 5.75 Å². The third kappa shape index (κ3) is 3.75. The Morgan fingerprint density at radius 2 is 2.00 bits per heavy atom. The summed E-state index contributed by atoms with van der Waals surface area (Å²) in [6, 6.07) is 6.28. The molecule has 2 rings (SSSR count). The zero-order valence-corrected chi connectivity index (χ0v) is 11.8. The second-order valence-electron chi connectivity index (χ2n) is 4.85. The van der Waals surface area contributed by atoms with Crippen LogP contribution >= 0.6 is 0 Å². The smallest absolute Gasteiger partial charge is 0.387 e. The Kier molecular flexibility index (Phi) is 4.85. The summed E-state index contributed by atoms with van der Waals surface area (Å²) in [7, 11) is 0. The lowest BCUT2D eigenvalue weighted by atomic mass is 10.1. The van der Waals surface area contributed by atoms with E-state index in [-0.39, 0.29) is 18.2 Å². The second kappa shape index (κ2) is 6.62. The van der Waals surface area contributed by atoms with Gasteiger partial charge in [-0.2, -0.15) is 13.9 Å². The average Bonchev–Trinajstić information content (AvgIpc) is 2.86. The Morgan fingerprint density at radius 3 is 2.67 bits per heavy atom. The Labute approximate surface area is 121 Å². The molecule has 1 aromatic carbocycles. The van der Waals surface area contributed by atoms with E-state index in [9.17, 15) is 13.9 Å². The van der Waals surface area contributed by atoms with Gasteiger partial charge in [0.05, 0.1) is 6.10 Å². The first-order chi connectivity index (χ1) is 9.99. The largest absolute Gasteiger partial charge is 0.434 e. The summed E-state index contributed by atoms with van der Waals surface area (Å²) in [4.78, 5) is 4.10. The Balaban J connectivity index is 2.20. The molecule has 0 radical (unpaired) electrons. The predicted octanol–water partition coefficient (Wildman–Crippen LogP) is 2.74. The second-order valence-corrected chi connectivity index (χ2v) is 4.85. The lowest BCUT2D eigenvalue weighted by Crippen LogP contribution is -2.13. The fourth-order valence-corrected chi connectivity index (χ4v) is 2.09. The van der Waals surface area contributed by atoms with Gasteiger partial charge in [-0.15, -0.1) is 0 Å². The van der Waals surface area contributed by atoms with Crippen molar-refractivity contribution in [1.29, 1.82) is 0 Å². The van der Waals surface area contributed by atoms with E-state index >= 15 is 0 Å². The van der Waals surface area contributed by atoms with E-state index < -0.39 is 12.7 Å². The molecule has 0 bridgehead atoms. The summed E-state index contributed by atoms with van der Waals surface area (Å²) >= 11 is 0. The van der Waals surface area contributed by atoms with E-state index in [1.54, 1.807) is 22.9 Å². The summed E-state index contributed by atoms with van der Waals surface area (Å²) in [5, 5.41) is 14.4. The minimum Gasteiger partial charge on any atom is -0.434 e. The molecule has 114 valence electrons. The summed E-state index contributed by atoms with van der Waals surface area (Å²) < 4.78 is 30.9. The van der Waals surface area contributed by atoms with E-state index in [0.29, 0.717) is 11.4 Å². The molecule has 0 amide bonds. The number of rotatable bonds is 6. The first-order valence-electron chi connectivity index (χ1n) is 6.59. The molecule has 1 heterocycles. The molecule has 0 saturated heterocycles. The van der Waals surface area contributed by atoms with Crippen molar-refractivity contribution in [1.82, 2.24) is 14.8 Å².